The third-order valence-corrected chi connectivity index (χ3v) is 15.1. The quantitative estimate of drug-likeness (QED) is 0.130. The van der Waals surface area contributed by atoms with Crippen molar-refractivity contribution >= 4 is 32.0 Å². The van der Waals surface area contributed by atoms with Crippen LogP contribution >= 0.6 is 7.37 Å². The van der Waals surface area contributed by atoms with Gasteiger partial charge in [0.25, 0.3) is 8.32 Å². The third kappa shape index (κ3) is 7.82. The summed E-state index contributed by atoms with van der Waals surface area (Å²) in [6.45, 7) is 10.4. The lowest BCUT2D eigenvalue weighted by Crippen LogP contribution is -2.68. The average molecular weight is 615 g/mol. The van der Waals surface area contributed by atoms with Gasteiger partial charge in [-0.25, -0.2) is 0 Å². The number of hydrogen-bond donors (Lipinski definition) is 2. The molecular weight excluding hydrogens is 571 g/mol. The number of benzene rings is 4. The maximum atomic E-state index is 13.9. The first-order chi connectivity index (χ1) is 20.3. The lowest BCUT2D eigenvalue weighted by molar-refractivity contribution is -0.138. The van der Waals surface area contributed by atoms with Crippen molar-refractivity contribution < 1.29 is 23.8 Å². The molecule has 4 aromatic carbocycles. The second kappa shape index (κ2) is 13.6. The largest absolute Gasteiger partial charge is 0.481 e. The Balaban J connectivity index is 1.69. The minimum absolute atomic E-state index is 0.0387. The van der Waals surface area contributed by atoms with E-state index in [1.165, 1.54) is 0 Å². The van der Waals surface area contributed by atoms with Gasteiger partial charge >= 0.3 is 5.97 Å². The van der Waals surface area contributed by atoms with Crippen molar-refractivity contribution in [3.8, 4) is 11.1 Å². The van der Waals surface area contributed by atoms with Crippen molar-refractivity contribution in [3.63, 3.8) is 0 Å². The SMILES string of the molecule is Cc1cc(C)c(CCP(=O)(O)C[C@H](CC(=O)O)O[Si](c2ccccc2)(c2ccccc2)C(C)(C)C)c(-c2ccccc2)c1. The topological polar surface area (TPSA) is 83.8 Å². The maximum absolute atomic E-state index is 13.9. The molecular formula is C36H43O5PSi. The zero-order chi connectivity index (χ0) is 31.3. The Bertz CT molecular complexity index is 1530. The molecule has 2 atom stereocenters. The highest BCUT2D eigenvalue weighted by Crippen LogP contribution is 2.46. The smallest absolute Gasteiger partial charge is 0.305 e. The first-order valence-corrected chi connectivity index (χ1v) is 18.7. The molecule has 2 N–H and O–H groups in total. The second-order valence-electron chi connectivity index (χ2n) is 12.5. The summed E-state index contributed by atoms with van der Waals surface area (Å²) in [7, 11) is -6.93. The van der Waals surface area contributed by atoms with Crippen molar-refractivity contribution in [1.29, 1.82) is 0 Å². The number of hydrogen-bond acceptors (Lipinski definition) is 3. The fourth-order valence-electron chi connectivity index (χ4n) is 6.18. The summed E-state index contributed by atoms with van der Waals surface area (Å²) in [6, 6.07) is 34.2. The van der Waals surface area contributed by atoms with Gasteiger partial charge in [-0.1, -0.05) is 129 Å². The normalized spacial score (nSPS) is 14.2. The third-order valence-electron chi connectivity index (χ3n) is 8.06. The molecule has 226 valence electrons. The van der Waals surface area contributed by atoms with Crippen LogP contribution in [-0.4, -0.2) is 42.7 Å². The van der Waals surface area contributed by atoms with E-state index in [4.69, 9.17) is 4.43 Å². The van der Waals surface area contributed by atoms with Gasteiger partial charge in [-0.15, -0.1) is 0 Å². The monoisotopic (exact) mass is 614 g/mol. The van der Waals surface area contributed by atoms with Gasteiger partial charge in [0, 0.05) is 6.16 Å². The number of aliphatic carboxylic acids is 1. The molecule has 0 spiro atoms. The molecule has 0 saturated heterocycles. The standard InChI is InChI=1S/C36H43O5PSi/c1-27-23-28(2)33(34(24-27)29-15-9-6-10-16-29)21-22-42(39,40)26-30(25-35(37)38)41-43(36(3,4)5,31-17-11-7-12-18-31)32-19-13-8-14-20-32/h6-20,23-24,30H,21-22,25-26H2,1-5H3,(H,37,38)(H,39,40)/t30-/m0/s1. The highest BCUT2D eigenvalue weighted by Gasteiger charge is 2.52. The molecule has 1 unspecified atom stereocenters. The molecule has 0 aliphatic carbocycles. The van der Waals surface area contributed by atoms with Crippen LogP contribution in [0.1, 0.15) is 43.9 Å². The Morgan fingerprint density at radius 3 is 1.86 bits per heavy atom. The van der Waals surface area contributed by atoms with Crippen molar-refractivity contribution in [3.05, 3.63) is 120 Å². The van der Waals surface area contributed by atoms with Gasteiger partial charge in [0.1, 0.15) is 0 Å². The lowest BCUT2D eigenvalue weighted by atomic mass is 9.92. The zero-order valence-electron chi connectivity index (χ0n) is 25.8. The fourth-order valence-corrected chi connectivity index (χ4v) is 12.6. The van der Waals surface area contributed by atoms with Gasteiger partial charge in [0.15, 0.2) is 0 Å². The molecule has 0 bridgehead atoms. The van der Waals surface area contributed by atoms with Crippen LogP contribution in [-0.2, 0) is 20.2 Å². The molecule has 0 fully saturated rings. The van der Waals surface area contributed by atoms with Crippen molar-refractivity contribution in [2.24, 2.45) is 0 Å². The zero-order valence-corrected chi connectivity index (χ0v) is 27.7. The van der Waals surface area contributed by atoms with E-state index < -0.39 is 32.8 Å². The molecule has 0 radical (unpaired) electrons. The lowest BCUT2D eigenvalue weighted by Gasteiger charge is -2.45. The minimum atomic E-state index is -3.80. The average Bonchev–Trinajstić information content (AvgIpc) is 2.95. The summed E-state index contributed by atoms with van der Waals surface area (Å²) in [5.41, 5.74) is 5.37. The summed E-state index contributed by atoms with van der Waals surface area (Å²) >= 11 is 0. The molecule has 0 aromatic heterocycles. The van der Waals surface area contributed by atoms with E-state index in [1.54, 1.807) is 0 Å². The number of carbonyl (C=O) groups is 1. The molecule has 7 heteroatoms. The predicted octanol–water partition coefficient (Wildman–Crippen LogP) is 7.20. The molecule has 0 aliphatic rings. The summed E-state index contributed by atoms with van der Waals surface area (Å²) in [5.74, 6) is -1.05. The number of rotatable bonds is 12. The summed E-state index contributed by atoms with van der Waals surface area (Å²) in [5, 5.41) is 11.5. The van der Waals surface area contributed by atoms with Gasteiger partial charge in [0.2, 0.25) is 7.37 Å². The van der Waals surface area contributed by atoms with E-state index in [0.717, 1.165) is 38.2 Å². The summed E-state index contributed by atoms with van der Waals surface area (Å²) < 4.78 is 20.9. The van der Waals surface area contributed by atoms with Crippen molar-refractivity contribution in [2.75, 3.05) is 12.3 Å². The van der Waals surface area contributed by atoms with Crippen molar-refractivity contribution in [1.82, 2.24) is 0 Å². The van der Waals surface area contributed by atoms with Crippen LogP contribution in [0.5, 0.6) is 0 Å². The highest BCUT2D eigenvalue weighted by molar-refractivity contribution is 7.58. The maximum Gasteiger partial charge on any atom is 0.305 e. The van der Waals surface area contributed by atoms with Crippen LogP contribution < -0.4 is 10.4 Å². The Morgan fingerprint density at radius 2 is 1.37 bits per heavy atom. The Labute approximate surface area is 257 Å². The van der Waals surface area contributed by atoms with E-state index in [0.29, 0.717) is 6.42 Å². The van der Waals surface area contributed by atoms with Crippen LogP contribution in [0.25, 0.3) is 11.1 Å². The van der Waals surface area contributed by atoms with Crippen molar-refractivity contribution in [2.45, 2.75) is 58.6 Å². The van der Waals surface area contributed by atoms with E-state index in [-0.39, 0.29) is 18.7 Å². The Hall–Kier alpha value is -3.28. The van der Waals surface area contributed by atoms with E-state index in [9.17, 15) is 19.4 Å². The van der Waals surface area contributed by atoms with Gasteiger partial charge in [-0.05, 0) is 57.9 Å². The van der Waals surface area contributed by atoms with Gasteiger partial charge in [0.05, 0.1) is 18.7 Å². The van der Waals surface area contributed by atoms with Crippen LogP contribution in [0, 0.1) is 13.8 Å². The fraction of sp³-hybridized carbons (Fsp3) is 0.306. The first-order valence-electron chi connectivity index (χ1n) is 14.8. The van der Waals surface area contributed by atoms with E-state index >= 15 is 0 Å². The van der Waals surface area contributed by atoms with Crippen LogP contribution in [0.2, 0.25) is 5.04 Å². The molecule has 4 rings (SSSR count). The molecule has 0 aliphatic heterocycles. The van der Waals surface area contributed by atoms with Crippen LogP contribution in [0.15, 0.2) is 103 Å². The summed E-state index contributed by atoms with van der Waals surface area (Å²) in [4.78, 5) is 23.5. The summed E-state index contributed by atoms with van der Waals surface area (Å²) in [6.07, 6.45) is -1.07. The predicted molar refractivity (Wildman–Crippen MR) is 179 cm³/mol. The number of carboxylic acids is 1. The van der Waals surface area contributed by atoms with E-state index in [1.807, 2.05) is 85.8 Å². The molecule has 0 heterocycles. The molecule has 0 saturated carbocycles. The molecule has 4 aromatic rings. The van der Waals surface area contributed by atoms with Gasteiger partial charge < -0.3 is 14.4 Å². The Kier molecular flexibility index (Phi) is 10.3. The number of aryl methyl sites for hydroxylation is 2. The highest BCUT2D eigenvalue weighted by atomic mass is 31.2. The minimum Gasteiger partial charge on any atom is -0.481 e. The molecule has 5 nitrogen and oxygen atoms in total. The van der Waals surface area contributed by atoms with Gasteiger partial charge in [-0.2, -0.15) is 0 Å². The van der Waals surface area contributed by atoms with Gasteiger partial charge in [-0.3, -0.25) is 9.36 Å². The van der Waals surface area contributed by atoms with Crippen LogP contribution in [0.4, 0.5) is 0 Å². The molecule has 0 amide bonds. The second-order valence-corrected chi connectivity index (χ2v) is 19.2. The van der Waals surface area contributed by atoms with Crippen LogP contribution in [0.3, 0.4) is 0 Å². The van der Waals surface area contributed by atoms with E-state index in [2.05, 4.69) is 52.0 Å². The first kappa shape index (κ1) is 32.6. The molecule has 43 heavy (non-hydrogen) atoms. The number of carboxylic acid groups (broad SMARTS) is 1. The Morgan fingerprint density at radius 1 is 0.860 bits per heavy atom.